The number of ether oxygens (including phenoxy) is 1. The highest BCUT2D eigenvalue weighted by Crippen LogP contribution is 2.24. The minimum atomic E-state index is -0.637. The van der Waals surface area contributed by atoms with E-state index in [1.54, 1.807) is 7.11 Å². The van der Waals surface area contributed by atoms with Crippen molar-refractivity contribution in [2.45, 2.75) is 32.9 Å². The van der Waals surface area contributed by atoms with Gasteiger partial charge in [0.1, 0.15) is 5.75 Å². The average molecular weight is 420 g/mol. The van der Waals surface area contributed by atoms with Gasteiger partial charge in [0, 0.05) is 0 Å². The molecule has 7 heteroatoms. The van der Waals surface area contributed by atoms with Gasteiger partial charge in [-0.15, -0.1) is 12.4 Å². The molecule has 0 radical (unpaired) electrons. The molecule has 0 fully saturated rings. The predicted molar refractivity (Wildman–Crippen MR) is 117 cm³/mol. The largest absolute Gasteiger partial charge is 0.497 e. The lowest BCUT2D eigenvalue weighted by Crippen LogP contribution is -2.47. The van der Waals surface area contributed by atoms with E-state index in [-0.39, 0.29) is 42.7 Å². The number of nitrogens with one attached hydrogen (secondary N) is 2. The molecule has 4 N–H and O–H groups in total. The van der Waals surface area contributed by atoms with Crippen LogP contribution in [0.3, 0.4) is 0 Å². The van der Waals surface area contributed by atoms with Crippen molar-refractivity contribution in [2.24, 2.45) is 11.7 Å². The van der Waals surface area contributed by atoms with E-state index in [0.29, 0.717) is 0 Å². The summed E-state index contributed by atoms with van der Waals surface area (Å²) in [6.07, 6.45) is 0. The number of amides is 2. The molecule has 2 aromatic rings. The summed E-state index contributed by atoms with van der Waals surface area (Å²) in [6, 6.07) is 14.5. The minimum Gasteiger partial charge on any atom is -0.497 e. The van der Waals surface area contributed by atoms with Crippen LogP contribution >= 0.6 is 12.4 Å². The third-order valence-electron chi connectivity index (χ3n) is 4.61. The van der Waals surface area contributed by atoms with E-state index in [4.69, 9.17) is 10.5 Å². The van der Waals surface area contributed by atoms with E-state index in [0.717, 1.165) is 22.4 Å². The number of methoxy groups -OCH3 is 1. The fourth-order valence-corrected chi connectivity index (χ4v) is 2.71. The molecule has 0 bridgehead atoms. The molecule has 2 aromatic carbocycles. The standard InChI is InChI=1S/C22H29N3O3.ClH/c1-14(2)20(23)22(27)24-13-19(26)25-21(16-7-5-15(3)6-8-16)17-9-11-18(28-4)12-10-17;/h5-12,14,20-21H,13,23H2,1-4H3,(H,24,27)(H,25,26);1H/t20-,21?;/m0./s1. The van der Waals surface area contributed by atoms with Gasteiger partial charge in [-0.25, -0.2) is 0 Å². The van der Waals surface area contributed by atoms with Gasteiger partial charge < -0.3 is 21.1 Å². The number of rotatable bonds is 8. The highest BCUT2D eigenvalue weighted by Gasteiger charge is 2.20. The van der Waals surface area contributed by atoms with E-state index in [1.165, 1.54) is 0 Å². The number of benzene rings is 2. The Bertz CT molecular complexity index is 792. The maximum atomic E-state index is 12.5. The summed E-state index contributed by atoms with van der Waals surface area (Å²) in [4.78, 5) is 24.5. The van der Waals surface area contributed by atoms with Crippen LogP contribution in [-0.2, 0) is 9.59 Å². The number of carbonyl (C=O) groups is 2. The van der Waals surface area contributed by atoms with Gasteiger partial charge in [-0.2, -0.15) is 0 Å². The van der Waals surface area contributed by atoms with Crippen molar-refractivity contribution >= 4 is 24.2 Å². The molecule has 0 aliphatic rings. The molecule has 0 aromatic heterocycles. The molecule has 0 saturated heterocycles. The molecule has 2 amide bonds. The Hall–Kier alpha value is -2.57. The molecule has 0 aliphatic carbocycles. The van der Waals surface area contributed by atoms with E-state index in [9.17, 15) is 9.59 Å². The molecule has 0 spiro atoms. The smallest absolute Gasteiger partial charge is 0.240 e. The second-order valence-corrected chi connectivity index (χ2v) is 7.17. The SMILES string of the molecule is COc1ccc(C(NC(=O)CNC(=O)[C@@H](N)C(C)C)c2ccc(C)cc2)cc1.Cl. The first-order valence-corrected chi connectivity index (χ1v) is 9.35. The van der Waals surface area contributed by atoms with Crippen molar-refractivity contribution in [3.05, 3.63) is 65.2 Å². The van der Waals surface area contributed by atoms with Crippen molar-refractivity contribution in [2.75, 3.05) is 13.7 Å². The first-order chi connectivity index (χ1) is 13.3. The van der Waals surface area contributed by atoms with Gasteiger partial charge in [0.05, 0.1) is 25.7 Å². The van der Waals surface area contributed by atoms with Gasteiger partial charge in [0.15, 0.2) is 0 Å². The van der Waals surface area contributed by atoms with Crippen LogP contribution in [0.4, 0.5) is 0 Å². The number of hydrogen-bond donors (Lipinski definition) is 3. The fourth-order valence-electron chi connectivity index (χ4n) is 2.71. The maximum Gasteiger partial charge on any atom is 0.240 e. The number of nitrogens with two attached hydrogens (primary N) is 1. The van der Waals surface area contributed by atoms with Crippen LogP contribution in [-0.4, -0.2) is 31.5 Å². The summed E-state index contributed by atoms with van der Waals surface area (Å²) in [5, 5.41) is 5.60. The molecular formula is C22H30ClN3O3. The average Bonchev–Trinajstić information content (AvgIpc) is 2.70. The van der Waals surface area contributed by atoms with Crippen molar-refractivity contribution in [3.8, 4) is 5.75 Å². The molecule has 1 unspecified atom stereocenters. The number of carbonyl (C=O) groups excluding carboxylic acids is 2. The lowest BCUT2D eigenvalue weighted by molar-refractivity contribution is -0.127. The molecule has 0 aliphatic heterocycles. The molecule has 2 atom stereocenters. The minimum absolute atomic E-state index is 0. The van der Waals surface area contributed by atoms with Gasteiger partial charge in [-0.05, 0) is 36.1 Å². The third kappa shape index (κ3) is 7.07. The van der Waals surface area contributed by atoms with Crippen LogP contribution in [0.15, 0.2) is 48.5 Å². The second-order valence-electron chi connectivity index (χ2n) is 7.17. The Labute approximate surface area is 178 Å². The molecule has 0 heterocycles. The highest BCUT2D eigenvalue weighted by atomic mass is 35.5. The Morgan fingerprint density at radius 2 is 1.52 bits per heavy atom. The Balaban J connectivity index is 0.00000420. The summed E-state index contributed by atoms with van der Waals surface area (Å²) in [6.45, 7) is 5.61. The summed E-state index contributed by atoms with van der Waals surface area (Å²) >= 11 is 0. The Morgan fingerprint density at radius 1 is 1.00 bits per heavy atom. The van der Waals surface area contributed by atoms with Crippen LogP contribution in [0.2, 0.25) is 0 Å². The fraction of sp³-hybridized carbons (Fsp3) is 0.364. The number of hydrogen-bond acceptors (Lipinski definition) is 4. The summed E-state index contributed by atoms with van der Waals surface area (Å²) in [5.41, 5.74) is 8.83. The molecule has 6 nitrogen and oxygen atoms in total. The molecule has 29 heavy (non-hydrogen) atoms. The van der Waals surface area contributed by atoms with Crippen molar-refractivity contribution in [3.63, 3.8) is 0 Å². The van der Waals surface area contributed by atoms with Gasteiger partial charge in [-0.1, -0.05) is 55.8 Å². The van der Waals surface area contributed by atoms with E-state index in [1.807, 2.05) is 69.3 Å². The molecule has 2 rings (SSSR count). The summed E-state index contributed by atoms with van der Waals surface area (Å²) < 4.78 is 5.21. The lowest BCUT2D eigenvalue weighted by Gasteiger charge is -2.21. The maximum absolute atomic E-state index is 12.5. The quantitative estimate of drug-likeness (QED) is 0.613. The van der Waals surface area contributed by atoms with Crippen LogP contribution in [0.1, 0.15) is 36.6 Å². The normalized spacial score (nSPS) is 12.5. The zero-order chi connectivity index (χ0) is 20.7. The van der Waals surface area contributed by atoms with Gasteiger partial charge in [0.25, 0.3) is 0 Å². The van der Waals surface area contributed by atoms with Crippen molar-refractivity contribution in [1.82, 2.24) is 10.6 Å². The van der Waals surface area contributed by atoms with Crippen molar-refractivity contribution < 1.29 is 14.3 Å². The van der Waals surface area contributed by atoms with Crippen LogP contribution in [0.5, 0.6) is 5.75 Å². The van der Waals surface area contributed by atoms with Gasteiger partial charge >= 0.3 is 0 Å². The highest BCUT2D eigenvalue weighted by molar-refractivity contribution is 5.87. The zero-order valence-corrected chi connectivity index (χ0v) is 18.1. The van der Waals surface area contributed by atoms with Crippen LogP contribution in [0.25, 0.3) is 0 Å². The van der Waals surface area contributed by atoms with Gasteiger partial charge in [0.2, 0.25) is 11.8 Å². The van der Waals surface area contributed by atoms with E-state index >= 15 is 0 Å². The number of halogens is 1. The third-order valence-corrected chi connectivity index (χ3v) is 4.61. The molecule has 158 valence electrons. The van der Waals surface area contributed by atoms with Crippen LogP contribution < -0.4 is 21.1 Å². The topological polar surface area (TPSA) is 93.5 Å². The Kier molecular flexibility index (Phi) is 9.65. The predicted octanol–water partition coefficient (Wildman–Crippen LogP) is 2.73. The first-order valence-electron chi connectivity index (χ1n) is 9.35. The van der Waals surface area contributed by atoms with Crippen molar-refractivity contribution in [1.29, 1.82) is 0 Å². The molecule has 0 saturated carbocycles. The molecular weight excluding hydrogens is 390 g/mol. The zero-order valence-electron chi connectivity index (χ0n) is 17.3. The van der Waals surface area contributed by atoms with E-state index < -0.39 is 6.04 Å². The summed E-state index contributed by atoms with van der Waals surface area (Å²) in [7, 11) is 1.61. The van der Waals surface area contributed by atoms with E-state index in [2.05, 4.69) is 10.6 Å². The Morgan fingerprint density at radius 3 is 2.00 bits per heavy atom. The second kappa shape index (κ2) is 11.4. The lowest BCUT2D eigenvalue weighted by atomic mass is 9.97. The van der Waals surface area contributed by atoms with Gasteiger partial charge in [-0.3, -0.25) is 9.59 Å². The van der Waals surface area contributed by atoms with Crippen LogP contribution in [0, 0.1) is 12.8 Å². The number of aryl methyl sites for hydroxylation is 1. The monoisotopic (exact) mass is 419 g/mol. The summed E-state index contributed by atoms with van der Waals surface area (Å²) in [5.74, 6) is 0.127. The first kappa shape index (κ1) is 24.5.